The number of hydrogen-bond donors (Lipinski definition) is 1. The molecule has 0 aromatic rings. The molecule has 0 aromatic heterocycles. The number of hydrogen-bond acceptors (Lipinski definition) is 3. The van der Waals surface area contributed by atoms with Crippen LogP contribution in [0.25, 0.3) is 0 Å². The molecule has 1 aliphatic carbocycles. The fourth-order valence-corrected chi connectivity index (χ4v) is 3.32. The Morgan fingerprint density at radius 3 is 2.62 bits per heavy atom. The number of nitrogens with zero attached hydrogens (tertiary/aromatic N) is 2. The smallest absolute Gasteiger partial charge is 0.0695 e. The van der Waals surface area contributed by atoms with Crippen LogP contribution in [0.15, 0.2) is 0 Å². The lowest BCUT2D eigenvalue weighted by molar-refractivity contribution is 0.0263. The molecule has 3 atom stereocenters. The minimum atomic E-state index is -0.0853. The molecule has 0 amide bonds. The van der Waals surface area contributed by atoms with Gasteiger partial charge in [-0.05, 0) is 45.8 Å². The van der Waals surface area contributed by atoms with Gasteiger partial charge >= 0.3 is 0 Å². The minimum absolute atomic E-state index is 0.0853. The number of aliphatic hydroxyl groups excluding tert-OH is 1. The van der Waals surface area contributed by atoms with Crippen molar-refractivity contribution in [2.24, 2.45) is 5.92 Å². The van der Waals surface area contributed by atoms with Crippen molar-refractivity contribution >= 4 is 0 Å². The minimum Gasteiger partial charge on any atom is -0.391 e. The first-order chi connectivity index (χ1) is 7.66. The molecule has 1 saturated heterocycles. The molecule has 1 aliphatic heterocycles. The Bertz CT molecular complexity index is 222. The topological polar surface area (TPSA) is 26.7 Å². The van der Waals surface area contributed by atoms with Gasteiger partial charge in [-0.25, -0.2) is 0 Å². The number of rotatable bonds is 3. The summed E-state index contributed by atoms with van der Waals surface area (Å²) in [5.41, 5.74) is 0. The highest BCUT2D eigenvalue weighted by atomic mass is 16.3. The molecule has 0 radical (unpaired) electrons. The monoisotopic (exact) mass is 226 g/mol. The Morgan fingerprint density at radius 2 is 2.00 bits per heavy atom. The van der Waals surface area contributed by atoms with Gasteiger partial charge in [-0.2, -0.15) is 0 Å². The average molecular weight is 226 g/mol. The molecule has 2 aliphatic rings. The van der Waals surface area contributed by atoms with Gasteiger partial charge in [-0.15, -0.1) is 0 Å². The molecule has 3 nitrogen and oxygen atoms in total. The number of aliphatic hydroxyl groups is 1. The summed E-state index contributed by atoms with van der Waals surface area (Å²) in [6.45, 7) is 3.63. The van der Waals surface area contributed by atoms with E-state index >= 15 is 0 Å². The van der Waals surface area contributed by atoms with Crippen LogP contribution < -0.4 is 0 Å². The molecule has 3 heteroatoms. The lowest BCUT2D eigenvalue weighted by Crippen LogP contribution is -2.45. The largest absolute Gasteiger partial charge is 0.391 e. The first-order valence-electron chi connectivity index (χ1n) is 6.73. The molecule has 16 heavy (non-hydrogen) atoms. The van der Waals surface area contributed by atoms with Crippen molar-refractivity contribution in [2.45, 2.75) is 44.2 Å². The van der Waals surface area contributed by atoms with Crippen LogP contribution in [-0.4, -0.2) is 60.8 Å². The molecule has 2 fully saturated rings. The van der Waals surface area contributed by atoms with Crippen molar-refractivity contribution < 1.29 is 5.11 Å². The molecular weight excluding hydrogens is 200 g/mol. The Kier molecular flexibility index (Phi) is 4.22. The summed E-state index contributed by atoms with van der Waals surface area (Å²) in [5, 5.41) is 10.0. The second-order valence-corrected chi connectivity index (χ2v) is 5.78. The van der Waals surface area contributed by atoms with Crippen LogP contribution in [0.3, 0.4) is 0 Å². The molecule has 1 saturated carbocycles. The van der Waals surface area contributed by atoms with E-state index in [1.165, 1.54) is 38.8 Å². The van der Waals surface area contributed by atoms with Crippen LogP contribution in [0.5, 0.6) is 0 Å². The van der Waals surface area contributed by atoms with Gasteiger partial charge in [0.25, 0.3) is 0 Å². The van der Waals surface area contributed by atoms with Gasteiger partial charge in [0.2, 0.25) is 0 Å². The molecule has 2 rings (SSSR count). The van der Waals surface area contributed by atoms with Crippen molar-refractivity contribution in [3.63, 3.8) is 0 Å². The van der Waals surface area contributed by atoms with Gasteiger partial charge in [0, 0.05) is 19.1 Å². The van der Waals surface area contributed by atoms with Crippen LogP contribution in [0.2, 0.25) is 0 Å². The zero-order chi connectivity index (χ0) is 11.5. The van der Waals surface area contributed by atoms with E-state index in [1.807, 2.05) is 0 Å². The van der Waals surface area contributed by atoms with E-state index in [0.29, 0.717) is 6.04 Å². The summed E-state index contributed by atoms with van der Waals surface area (Å²) in [5.74, 6) is 0.809. The molecule has 1 unspecified atom stereocenters. The highest BCUT2D eigenvalue weighted by molar-refractivity contribution is 4.84. The normalized spacial score (nSPS) is 37.1. The van der Waals surface area contributed by atoms with Crippen molar-refractivity contribution in [1.82, 2.24) is 9.80 Å². The summed E-state index contributed by atoms with van der Waals surface area (Å²) in [6, 6.07) is 0.416. The second kappa shape index (κ2) is 5.48. The lowest BCUT2D eigenvalue weighted by atomic mass is 9.91. The average Bonchev–Trinajstić information content (AvgIpc) is 2.64. The quantitative estimate of drug-likeness (QED) is 0.782. The van der Waals surface area contributed by atoms with Gasteiger partial charge in [0.15, 0.2) is 0 Å². The third kappa shape index (κ3) is 2.96. The molecule has 0 aromatic carbocycles. The van der Waals surface area contributed by atoms with Crippen molar-refractivity contribution in [3.8, 4) is 0 Å². The molecule has 1 heterocycles. The van der Waals surface area contributed by atoms with Crippen molar-refractivity contribution in [1.29, 1.82) is 0 Å². The number of likely N-dealkylation sites (tertiary alicyclic amines) is 1. The van der Waals surface area contributed by atoms with Gasteiger partial charge in [0.05, 0.1) is 6.10 Å². The maximum Gasteiger partial charge on any atom is 0.0695 e. The Morgan fingerprint density at radius 1 is 1.25 bits per heavy atom. The Hall–Kier alpha value is -0.120. The third-order valence-electron chi connectivity index (χ3n) is 4.30. The fourth-order valence-electron chi connectivity index (χ4n) is 3.32. The van der Waals surface area contributed by atoms with Crippen LogP contribution in [-0.2, 0) is 0 Å². The van der Waals surface area contributed by atoms with Gasteiger partial charge in [0.1, 0.15) is 0 Å². The van der Waals surface area contributed by atoms with Crippen molar-refractivity contribution in [3.05, 3.63) is 0 Å². The predicted molar refractivity (Wildman–Crippen MR) is 66.5 cm³/mol. The van der Waals surface area contributed by atoms with E-state index in [-0.39, 0.29) is 6.10 Å². The van der Waals surface area contributed by atoms with Crippen LogP contribution in [0.4, 0.5) is 0 Å². The summed E-state index contributed by atoms with van der Waals surface area (Å²) in [6.07, 6.45) is 5.91. The van der Waals surface area contributed by atoms with Crippen molar-refractivity contribution in [2.75, 3.05) is 33.7 Å². The molecule has 0 bridgehead atoms. The SMILES string of the molecule is CN1CCC(CN(C)[C@@H]2CCCC[C@H]2O)C1. The Balaban J connectivity index is 1.80. The first-order valence-corrected chi connectivity index (χ1v) is 6.73. The highest BCUT2D eigenvalue weighted by Crippen LogP contribution is 2.24. The fraction of sp³-hybridized carbons (Fsp3) is 1.00. The van der Waals surface area contributed by atoms with E-state index in [0.717, 1.165) is 18.9 Å². The summed E-state index contributed by atoms with van der Waals surface area (Å²) in [7, 11) is 4.40. The van der Waals surface area contributed by atoms with E-state index < -0.39 is 0 Å². The van der Waals surface area contributed by atoms with Gasteiger partial charge in [-0.1, -0.05) is 12.8 Å². The zero-order valence-corrected chi connectivity index (χ0v) is 10.7. The van der Waals surface area contributed by atoms with Crippen LogP contribution in [0, 0.1) is 5.92 Å². The van der Waals surface area contributed by atoms with E-state index in [4.69, 9.17) is 0 Å². The highest BCUT2D eigenvalue weighted by Gasteiger charge is 2.29. The maximum absolute atomic E-state index is 10.0. The third-order valence-corrected chi connectivity index (χ3v) is 4.30. The number of likely N-dealkylation sites (N-methyl/N-ethyl adjacent to an activating group) is 1. The second-order valence-electron chi connectivity index (χ2n) is 5.78. The summed E-state index contributed by atoms with van der Waals surface area (Å²) >= 11 is 0. The standard InChI is InChI=1S/C13H26N2O/c1-14-8-7-11(9-14)10-15(2)12-5-3-4-6-13(12)16/h11-13,16H,3-10H2,1-2H3/t11?,12-,13-/m1/s1. The first kappa shape index (κ1) is 12.3. The lowest BCUT2D eigenvalue weighted by Gasteiger charge is -2.36. The summed E-state index contributed by atoms with van der Waals surface area (Å²) in [4.78, 5) is 4.82. The van der Waals surface area contributed by atoms with Gasteiger partial charge in [-0.3, -0.25) is 0 Å². The molecular formula is C13H26N2O. The van der Waals surface area contributed by atoms with Gasteiger partial charge < -0.3 is 14.9 Å². The molecule has 0 spiro atoms. The van der Waals surface area contributed by atoms with E-state index in [2.05, 4.69) is 23.9 Å². The summed E-state index contributed by atoms with van der Waals surface area (Å²) < 4.78 is 0. The van der Waals surface area contributed by atoms with Crippen LogP contribution >= 0.6 is 0 Å². The zero-order valence-electron chi connectivity index (χ0n) is 10.7. The Labute approximate surface area is 99.4 Å². The molecule has 94 valence electrons. The maximum atomic E-state index is 10.0. The van der Waals surface area contributed by atoms with E-state index in [9.17, 15) is 5.11 Å². The predicted octanol–water partition coefficient (Wildman–Crippen LogP) is 1.17. The van der Waals surface area contributed by atoms with Crippen LogP contribution in [0.1, 0.15) is 32.1 Å². The van der Waals surface area contributed by atoms with E-state index in [1.54, 1.807) is 0 Å². The molecule has 1 N–H and O–H groups in total.